The minimum Gasteiger partial charge on any atom is -0.493 e. The average Bonchev–Trinajstić information content (AvgIpc) is 2.93. The molecule has 0 N–H and O–H groups in total. The van der Waals surface area contributed by atoms with Crippen molar-refractivity contribution in [3.05, 3.63) is 58.1 Å². The first-order chi connectivity index (χ1) is 9.76. The second-order valence-electron chi connectivity index (χ2n) is 4.94. The van der Waals surface area contributed by atoms with Gasteiger partial charge in [0, 0.05) is 17.0 Å². The van der Waals surface area contributed by atoms with Crippen LogP contribution in [0.15, 0.2) is 36.4 Å². The van der Waals surface area contributed by atoms with Gasteiger partial charge in [-0.1, -0.05) is 30.7 Å². The van der Waals surface area contributed by atoms with E-state index in [1.165, 1.54) is 11.1 Å². The van der Waals surface area contributed by atoms with Crippen molar-refractivity contribution < 1.29 is 9.47 Å². The Bertz CT molecular complexity index is 622. The number of rotatable bonds is 4. The first kappa shape index (κ1) is 13.3. The van der Waals surface area contributed by atoms with Gasteiger partial charge in [-0.05, 0) is 41.8 Å². The Morgan fingerprint density at radius 2 is 2.15 bits per heavy atom. The van der Waals surface area contributed by atoms with E-state index in [2.05, 4.69) is 19.1 Å². The SMILES string of the molecule is CCc1cccc(OCc2cc(Cl)cc3c2OCC3)c1. The smallest absolute Gasteiger partial charge is 0.129 e. The standard InChI is InChI=1S/C17H17ClO2/c1-2-12-4-3-5-16(8-12)20-11-14-10-15(18)9-13-6-7-19-17(13)14/h3-5,8-10H,2,6-7,11H2,1H3. The van der Waals surface area contributed by atoms with Gasteiger partial charge in [0.1, 0.15) is 18.1 Å². The van der Waals surface area contributed by atoms with Crippen molar-refractivity contribution in [3.8, 4) is 11.5 Å². The highest BCUT2D eigenvalue weighted by atomic mass is 35.5. The van der Waals surface area contributed by atoms with Crippen LogP contribution in [0.1, 0.15) is 23.6 Å². The predicted octanol–water partition coefficient (Wildman–Crippen LogP) is 4.42. The molecule has 0 saturated carbocycles. The normalized spacial score (nSPS) is 12.9. The van der Waals surface area contributed by atoms with Crippen LogP contribution in [0.2, 0.25) is 5.02 Å². The molecule has 104 valence electrons. The van der Waals surface area contributed by atoms with E-state index in [-0.39, 0.29) is 0 Å². The Morgan fingerprint density at radius 3 is 3.00 bits per heavy atom. The largest absolute Gasteiger partial charge is 0.493 e. The van der Waals surface area contributed by atoms with Gasteiger partial charge in [0.05, 0.1) is 6.61 Å². The van der Waals surface area contributed by atoms with Gasteiger partial charge in [0.25, 0.3) is 0 Å². The van der Waals surface area contributed by atoms with Gasteiger partial charge in [-0.15, -0.1) is 0 Å². The van der Waals surface area contributed by atoms with Gasteiger partial charge in [-0.2, -0.15) is 0 Å². The highest BCUT2D eigenvalue weighted by Crippen LogP contribution is 2.33. The maximum atomic E-state index is 6.15. The molecule has 0 unspecified atom stereocenters. The number of halogens is 1. The molecule has 0 saturated heterocycles. The van der Waals surface area contributed by atoms with Crippen LogP contribution < -0.4 is 9.47 Å². The fraction of sp³-hybridized carbons (Fsp3) is 0.294. The summed E-state index contributed by atoms with van der Waals surface area (Å²) in [4.78, 5) is 0. The maximum absolute atomic E-state index is 6.15. The van der Waals surface area contributed by atoms with Crippen LogP contribution in [-0.2, 0) is 19.4 Å². The lowest BCUT2D eigenvalue weighted by molar-refractivity contribution is 0.291. The highest BCUT2D eigenvalue weighted by molar-refractivity contribution is 6.30. The van der Waals surface area contributed by atoms with E-state index in [1.807, 2.05) is 24.3 Å². The van der Waals surface area contributed by atoms with Crippen molar-refractivity contribution in [2.24, 2.45) is 0 Å². The van der Waals surface area contributed by atoms with Gasteiger partial charge in [0.2, 0.25) is 0 Å². The van der Waals surface area contributed by atoms with E-state index in [1.54, 1.807) is 0 Å². The van der Waals surface area contributed by atoms with E-state index < -0.39 is 0 Å². The minimum absolute atomic E-state index is 0.482. The average molecular weight is 289 g/mol. The first-order valence-electron chi connectivity index (χ1n) is 6.92. The summed E-state index contributed by atoms with van der Waals surface area (Å²) in [5.74, 6) is 1.83. The molecule has 0 bridgehead atoms. The van der Waals surface area contributed by atoms with Crippen LogP contribution in [0.4, 0.5) is 0 Å². The van der Waals surface area contributed by atoms with Gasteiger partial charge >= 0.3 is 0 Å². The summed E-state index contributed by atoms with van der Waals surface area (Å²) in [7, 11) is 0. The molecule has 0 fully saturated rings. The van der Waals surface area contributed by atoms with E-state index in [9.17, 15) is 0 Å². The second kappa shape index (κ2) is 5.76. The van der Waals surface area contributed by atoms with Crippen LogP contribution in [0.3, 0.4) is 0 Å². The summed E-state index contributed by atoms with van der Waals surface area (Å²) in [6, 6.07) is 12.1. The van der Waals surface area contributed by atoms with E-state index >= 15 is 0 Å². The third-order valence-corrected chi connectivity index (χ3v) is 3.74. The molecule has 0 spiro atoms. The van der Waals surface area contributed by atoms with Crippen molar-refractivity contribution in [1.82, 2.24) is 0 Å². The summed E-state index contributed by atoms with van der Waals surface area (Å²) in [6.45, 7) is 3.35. The van der Waals surface area contributed by atoms with Crippen LogP contribution in [0.5, 0.6) is 11.5 Å². The third-order valence-electron chi connectivity index (χ3n) is 3.53. The molecule has 0 radical (unpaired) electrons. The molecule has 2 aromatic carbocycles. The van der Waals surface area contributed by atoms with E-state index in [4.69, 9.17) is 21.1 Å². The van der Waals surface area contributed by atoms with E-state index in [0.717, 1.165) is 41.5 Å². The van der Waals surface area contributed by atoms with Gasteiger partial charge in [-0.3, -0.25) is 0 Å². The topological polar surface area (TPSA) is 18.5 Å². The van der Waals surface area contributed by atoms with Crippen molar-refractivity contribution >= 4 is 11.6 Å². The molecular weight excluding hydrogens is 272 g/mol. The molecule has 1 heterocycles. The van der Waals surface area contributed by atoms with Crippen molar-refractivity contribution in [1.29, 1.82) is 0 Å². The highest BCUT2D eigenvalue weighted by Gasteiger charge is 2.17. The van der Waals surface area contributed by atoms with Gasteiger partial charge < -0.3 is 9.47 Å². The van der Waals surface area contributed by atoms with Crippen LogP contribution >= 0.6 is 11.6 Å². The van der Waals surface area contributed by atoms with Crippen LogP contribution in [-0.4, -0.2) is 6.61 Å². The second-order valence-corrected chi connectivity index (χ2v) is 5.38. The molecule has 1 aliphatic rings. The minimum atomic E-state index is 0.482. The Morgan fingerprint density at radius 1 is 1.25 bits per heavy atom. The molecule has 0 aliphatic carbocycles. The lowest BCUT2D eigenvalue weighted by Crippen LogP contribution is -1.99. The molecule has 20 heavy (non-hydrogen) atoms. The Balaban J connectivity index is 1.78. The Labute approximate surface area is 124 Å². The summed E-state index contributed by atoms with van der Waals surface area (Å²) >= 11 is 6.15. The molecule has 3 rings (SSSR count). The van der Waals surface area contributed by atoms with Gasteiger partial charge in [0.15, 0.2) is 0 Å². The molecular formula is C17H17ClO2. The third kappa shape index (κ3) is 2.75. The van der Waals surface area contributed by atoms with Crippen LogP contribution in [0, 0.1) is 0 Å². The summed E-state index contributed by atoms with van der Waals surface area (Å²) < 4.78 is 11.6. The predicted molar refractivity (Wildman–Crippen MR) is 80.8 cm³/mol. The fourth-order valence-electron chi connectivity index (χ4n) is 2.47. The molecule has 0 aromatic heterocycles. The monoisotopic (exact) mass is 288 g/mol. The molecule has 2 nitrogen and oxygen atoms in total. The number of fused-ring (bicyclic) bond motifs is 1. The Kier molecular flexibility index (Phi) is 3.83. The summed E-state index contributed by atoms with van der Waals surface area (Å²) in [5, 5.41) is 0.746. The first-order valence-corrected chi connectivity index (χ1v) is 7.30. The summed E-state index contributed by atoms with van der Waals surface area (Å²) in [5.41, 5.74) is 3.47. The molecule has 1 aliphatic heterocycles. The molecule has 0 amide bonds. The lowest BCUT2D eigenvalue weighted by atomic mass is 10.1. The number of aryl methyl sites for hydroxylation is 1. The number of hydrogen-bond acceptors (Lipinski definition) is 2. The fourth-order valence-corrected chi connectivity index (χ4v) is 2.73. The van der Waals surface area contributed by atoms with Gasteiger partial charge in [-0.25, -0.2) is 0 Å². The van der Waals surface area contributed by atoms with E-state index in [0.29, 0.717) is 6.61 Å². The lowest BCUT2D eigenvalue weighted by Gasteiger charge is -2.11. The molecule has 0 atom stereocenters. The zero-order valence-corrected chi connectivity index (χ0v) is 12.2. The quantitative estimate of drug-likeness (QED) is 0.829. The number of hydrogen-bond donors (Lipinski definition) is 0. The van der Waals surface area contributed by atoms with Crippen molar-refractivity contribution in [2.45, 2.75) is 26.4 Å². The van der Waals surface area contributed by atoms with Crippen molar-refractivity contribution in [2.75, 3.05) is 6.61 Å². The molecule has 3 heteroatoms. The maximum Gasteiger partial charge on any atom is 0.129 e. The number of benzene rings is 2. The zero-order valence-electron chi connectivity index (χ0n) is 11.5. The molecule has 2 aromatic rings. The zero-order chi connectivity index (χ0) is 13.9. The Hall–Kier alpha value is -1.67. The summed E-state index contributed by atoms with van der Waals surface area (Å²) in [6.07, 6.45) is 1.93. The van der Waals surface area contributed by atoms with Crippen molar-refractivity contribution in [3.63, 3.8) is 0 Å². The number of ether oxygens (including phenoxy) is 2. The van der Waals surface area contributed by atoms with Crippen LogP contribution in [0.25, 0.3) is 0 Å².